The third-order valence-corrected chi connectivity index (χ3v) is 6.61. The van der Waals surface area contributed by atoms with Gasteiger partial charge in [0, 0.05) is 23.1 Å². The number of ether oxygens (including phenoxy) is 1. The highest BCUT2D eigenvalue weighted by Crippen LogP contribution is 2.30. The number of benzene rings is 2. The molecule has 0 radical (unpaired) electrons. The summed E-state index contributed by atoms with van der Waals surface area (Å²) in [5.74, 6) is -0.310. The van der Waals surface area contributed by atoms with Gasteiger partial charge in [-0.3, -0.25) is 9.10 Å². The Morgan fingerprint density at radius 3 is 2.21 bits per heavy atom. The predicted octanol–water partition coefficient (Wildman–Crippen LogP) is 3.36. The van der Waals surface area contributed by atoms with Crippen LogP contribution in [0.1, 0.15) is 5.56 Å². The Morgan fingerprint density at radius 1 is 1.07 bits per heavy atom. The summed E-state index contributed by atoms with van der Waals surface area (Å²) >= 11 is 12.2. The van der Waals surface area contributed by atoms with Gasteiger partial charge in [0.25, 0.3) is 10.0 Å². The zero-order valence-electron chi connectivity index (χ0n) is 15.3. The van der Waals surface area contributed by atoms with Crippen molar-refractivity contribution in [2.45, 2.75) is 11.8 Å². The average Bonchev–Trinajstić information content (AvgIpc) is 2.66. The summed E-state index contributed by atoms with van der Waals surface area (Å²) in [4.78, 5) is 14.5. The van der Waals surface area contributed by atoms with Gasteiger partial charge in [-0.2, -0.15) is 0 Å². The number of aryl methyl sites for hydroxylation is 1. The number of carbonyl (C=O) groups excluding carboxylic acids is 1. The first kappa shape index (κ1) is 20.9. The second-order valence-corrected chi connectivity index (χ2v) is 9.18. The largest absolute Gasteiger partial charge is 0.378 e. The van der Waals surface area contributed by atoms with Gasteiger partial charge < -0.3 is 9.64 Å². The molecule has 150 valence electrons. The van der Waals surface area contributed by atoms with Crippen LogP contribution in [0.5, 0.6) is 0 Å². The Labute approximate surface area is 174 Å². The molecular formula is C19H20Cl2N2O4S. The van der Waals surface area contributed by atoms with Crippen molar-refractivity contribution in [2.75, 3.05) is 37.2 Å². The van der Waals surface area contributed by atoms with Gasteiger partial charge in [0.05, 0.1) is 23.8 Å². The maximum atomic E-state index is 13.3. The number of hydrogen-bond donors (Lipinski definition) is 0. The van der Waals surface area contributed by atoms with Crippen LogP contribution in [-0.4, -0.2) is 52.1 Å². The fourth-order valence-electron chi connectivity index (χ4n) is 2.87. The summed E-state index contributed by atoms with van der Waals surface area (Å²) in [6.07, 6.45) is 0. The highest BCUT2D eigenvalue weighted by molar-refractivity contribution is 7.92. The first-order chi connectivity index (χ1) is 13.3. The standard InChI is InChI=1S/C19H20Cl2N2O4S/c1-14-2-4-18(5-3-14)28(25,26)23(17-11-15(20)10-16(21)12-17)13-19(24)22-6-8-27-9-7-22/h2-5,10-12H,6-9,13H2,1H3. The van der Waals surface area contributed by atoms with E-state index >= 15 is 0 Å². The second-order valence-electron chi connectivity index (χ2n) is 6.45. The van der Waals surface area contributed by atoms with Crippen LogP contribution in [0.25, 0.3) is 0 Å². The van der Waals surface area contributed by atoms with Gasteiger partial charge in [0.2, 0.25) is 5.91 Å². The molecule has 0 unspecified atom stereocenters. The van der Waals surface area contributed by atoms with Crippen LogP contribution in [0.3, 0.4) is 0 Å². The quantitative estimate of drug-likeness (QED) is 0.711. The van der Waals surface area contributed by atoms with Crippen LogP contribution in [0.2, 0.25) is 10.0 Å². The van der Waals surface area contributed by atoms with Crippen molar-refractivity contribution in [3.8, 4) is 0 Å². The Morgan fingerprint density at radius 2 is 1.64 bits per heavy atom. The molecular weight excluding hydrogens is 423 g/mol. The summed E-state index contributed by atoms with van der Waals surface area (Å²) in [5.41, 5.74) is 1.17. The fraction of sp³-hybridized carbons (Fsp3) is 0.316. The van der Waals surface area contributed by atoms with E-state index in [1.54, 1.807) is 17.0 Å². The Hall–Kier alpha value is -1.80. The van der Waals surface area contributed by atoms with Crippen molar-refractivity contribution in [1.29, 1.82) is 0 Å². The number of nitrogens with zero attached hydrogens (tertiary/aromatic N) is 2. The molecule has 1 aliphatic rings. The zero-order chi connectivity index (χ0) is 20.3. The number of sulfonamides is 1. The molecule has 0 spiro atoms. The van der Waals surface area contributed by atoms with E-state index in [0.29, 0.717) is 26.3 Å². The average molecular weight is 443 g/mol. The molecule has 1 saturated heterocycles. The van der Waals surface area contributed by atoms with Crippen molar-refractivity contribution in [2.24, 2.45) is 0 Å². The second kappa shape index (κ2) is 8.69. The van der Waals surface area contributed by atoms with Crippen LogP contribution in [0, 0.1) is 6.92 Å². The van der Waals surface area contributed by atoms with Gasteiger partial charge in [-0.15, -0.1) is 0 Å². The van der Waals surface area contributed by atoms with E-state index in [1.807, 2.05) is 6.92 Å². The molecule has 0 aliphatic carbocycles. The van der Waals surface area contributed by atoms with Gasteiger partial charge in [0.15, 0.2) is 0 Å². The summed E-state index contributed by atoms with van der Waals surface area (Å²) in [6.45, 7) is 3.22. The van der Waals surface area contributed by atoms with E-state index in [2.05, 4.69) is 0 Å². The predicted molar refractivity (Wildman–Crippen MR) is 110 cm³/mol. The lowest BCUT2D eigenvalue weighted by atomic mass is 10.2. The van der Waals surface area contributed by atoms with Gasteiger partial charge in [0.1, 0.15) is 6.54 Å². The van der Waals surface area contributed by atoms with Crippen molar-refractivity contribution < 1.29 is 17.9 Å². The monoisotopic (exact) mass is 442 g/mol. The molecule has 0 aromatic heterocycles. The molecule has 0 saturated carbocycles. The molecule has 1 amide bonds. The van der Waals surface area contributed by atoms with Gasteiger partial charge in [-0.25, -0.2) is 8.42 Å². The molecule has 0 atom stereocenters. The fourth-order valence-corrected chi connectivity index (χ4v) is 4.78. The van der Waals surface area contributed by atoms with Crippen LogP contribution in [0.15, 0.2) is 47.4 Å². The van der Waals surface area contributed by atoms with E-state index < -0.39 is 10.0 Å². The number of morpholine rings is 1. The molecule has 3 rings (SSSR count). The van der Waals surface area contributed by atoms with Crippen LogP contribution in [0.4, 0.5) is 5.69 Å². The number of halogens is 2. The molecule has 2 aromatic rings. The maximum Gasteiger partial charge on any atom is 0.264 e. The number of hydrogen-bond acceptors (Lipinski definition) is 4. The van der Waals surface area contributed by atoms with Crippen LogP contribution >= 0.6 is 23.2 Å². The smallest absolute Gasteiger partial charge is 0.264 e. The summed E-state index contributed by atoms with van der Waals surface area (Å²) in [5, 5.41) is 0.566. The lowest BCUT2D eigenvalue weighted by Crippen LogP contribution is -2.47. The van der Waals surface area contributed by atoms with Gasteiger partial charge in [-0.1, -0.05) is 40.9 Å². The molecule has 6 nitrogen and oxygen atoms in total. The minimum absolute atomic E-state index is 0.0870. The third kappa shape index (κ3) is 4.78. The van der Waals surface area contributed by atoms with Crippen molar-refractivity contribution in [3.63, 3.8) is 0 Å². The first-order valence-electron chi connectivity index (χ1n) is 8.68. The van der Waals surface area contributed by atoms with Gasteiger partial charge in [-0.05, 0) is 37.3 Å². The molecule has 1 aliphatic heterocycles. The SMILES string of the molecule is Cc1ccc(S(=O)(=O)N(CC(=O)N2CCOCC2)c2cc(Cl)cc(Cl)c2)cc1. The number of carbonyl (C=O) groups is 1. The summed E-state index contributed by atoms with van der Waals surface area (Å²) < 4.78 is 33.0. The van der Waals surface area contributed by atoms with Crippen LogP contribution < -0.4 is 4.31 Å². The molecule has 2 aromatic carbocycles. The minimum Gasteiger partial charge on any atom is -0.378 e. The minimum atomic E-state index is -4.00. The molecule has 1 heterocycles. The molecule has 28 heavy (non-hydrogen) atoms. The van der Waals surface area contributed by atoms with Crippen molar-refractivity contribution in [1.82, 2.24) is 4.90 Å². The summed E-state index contributed by atoms with van der Waals surface area (Å²) in [7, 11) is -4.00. The molecule has 0 bridgehead atoms. The highest BCUT2D eigenvalue weighted by atomic mass is 35.5. The van der Waals surface area contributed by atoms with Crippen LogP contribution in [-0.2, 0) is 19.6 Å². The Balaban J connectivity index is 2.00. The third-order valence-electron chi connectivity index (χ3n) is 4.39. The van der Waals surface area contributed by atoms with E-state index in [0.717, 1.165) is 9.87 Å². The topological polar surface area (TPSA) is 66.9 Å². The summed E-state index contributed by atoms with van der Waals surface area (Å²) in [6, 6.07) is 10.9. The Bertz CT molecular complexity index is 938. The normalized spacial score (nSPS) is 14.8. The number of rotatable bonds is 5. The molecule has 0 N–H and O–H groups in total. The van der Waals surface area contributed by atoms with Crippen molar-refractivity contribution in [3.05, 3.63) is 58.1 Å². The van der Waals surface area contributed by atoms with E-state index in [4.69, 9.17) is 27.9 Å². The maximum absolute atomic E-state index is 13.3. The van der Waals surface area contributed by atoms with E-state index in [-0.39, 0.29) is 33.1 Å². The van der Waals surface area contributed by atoms with Gasteiger partial charge >= 0.3 is 0 Å². The van der Waals surface area contributed by atoms with Crippen molar-refractivity contribution >= 4 is 44.8 Å². The zero-order valence-corrected chi connectivity index (χ0v) is 17.6. The lowest BCUT2D eigenvalue weighted by Gasteiger charge is -2.30. The number of amides is 1. The van der Waals surface area contributed by atoms with E-state index in [9.17, 15) is 13.2 Å². The molecule has 1 fully saturated rings. The first-order valence-corrected chi connectivity index (χ1v) is 10.9. The molecule has 9 heteroatoms. The lowest BCUT2D eigenvalue weighted by molar-refractivity contribution is -0.133. The number of anilines is 1. The highest BCUT2D eigenvalue weighted by Gasteiger charge is 2.30. The van der Waals surface area contributed by atoms with E-state index in [1.165, 1.54) is 30.3 Å². The Kier molecular flexibility index (Phi) is 6.50.